The van der Waals surface area contributed by atoms with Crippen molar-refractivity contribution in [2.45, 2.75) is 19.9 Å². The van der Waals surface area contributed by atoms with E-state index in [4.69, 9.17) is 16.7 Å². The average molecular weight is 447 g/mol. The third-order valence-electron chi connectivity index (χ3n) is 6.03. The first-order valence-electron chi connectivity index (χ1n) is 10.2. The van der Waals surface area contributed by atoms with E-state index in [1.54, 1.807) is 27.7 Å². The molecule has 0 bridgehead atoms. The van der Waals surface area contributed by atoms with Crippen LogP contribution in [0.25, 0.3) is 22.4 Å². The predicted molar refractivity (Wildman–Crippen MR) is 121 cm³/mol. The fraction of sp³-hybridized carbons (Fsp3) is 0.227. The molecular formula is C22H19ClN8O. The number of imidazole rings is 1. The summed E-state index contributed by atoms with van der Waals surface area (Å²) in [5.41, 5.74) is 2.05. The summed E-state index contributed by atoms with van der Waals surface area (Å²) in [5, 5.41) is 5.25. The van der Waals surface area contributed by atoms with Crippen LogP contribution in [0.5, 0.6) is 0 Å². The quantitative estimate of drug-likeness (QED) is 0.456. The number of halogens is 1. The highest BCUT2D eigenvalue weighted by atomic mass is 35.5. The number of aromatic amines is 1. The number of rotatable bonds is 3. The van der Waals surface area contributed by atoms with Gasteiger partial charge in [-0.1, -0.05) is 43.6 Å². The van der Waals surface area contributed by atoms with Gasteiger partial charge in [0.15, 0.2) is 17.3 Å². The van der Waals surface area contributed by atoms with Crippen LogP contribution in [0, 0.1) is 5.41 Å². The maximum absolute atomic E-state index is 13.7. The summed E-state index contributed by atoms with van der Waals surface area (Å²) < 4.78 is 3.23. The van der Waals surface area contributed by atoms with Gasteiger partial charge in [-0.25, -0.2) is 19.5 Å². The lowest BCUT2D eigenvalue weighted by Gasteiger charge is -2.54. The minimum atomic E-state index is -0.220. The Labute approximate surface area is 187 Å². The van der Waals surface area contributed by atoms with Crippen LogP contribution in [0.1, 0.15) is 25.7 Å². The molecule has 160 valence electrons. The molecular weight excluding hydrogens is 428 g/mol. The van der Waals surface area contributed by atoms with Crippen molar-refractivity contribution in [3.05, 3.63) is 76.5 Å². The largest absolute Gasteiger partial charge is 0.343 e. The lowest BCUT2D eigenvalue weighted by atomic mass is 9.74. The number of anilines is 1. The third-order valence-corrected chi connectivity index (χ3v) is 6.33. The Morgan fingerprint density at radius 1 is 1.12 bits per heavy atom. The molecule has 0 radical (unpaired) electrons. The Hall–Kier alpha value is -3.72. The van der Waals surface area contributed by atoms with Crippen LogP contribution in [-0.2, 0) is 0 Å². The molecule has 1 fully saturated rings. The number of hydrogen-bond acceptors (Lipinski definition) is 6. The zero-order valence-corrected chi connectivity index (χ0v) is 18.2. The van der Waals surface area contributed by atoms with Crippen LogP contribution in [0.2, 0.25) is 5.02 Å². The molecule has 9 nitrogen and oxygen atoms in total. The Balaban J connectivity index is 1.63. The number of fused-ring (bicyclic) bond motifs is 2. The maximum Gasteiger partial charge on any atom is 0.284 e. The molecule has 1 atom stereocenters. The van der Waals surface area contributed by atoms with Gasteiger partial charge in [0.1, 0.15) is 17.4 Å². The van der Waals surface area contributed by atoms with Gasteiger partial charge in [0.05, 0.1) is 23.1 Å². The maximum atomic E-state index is 13.7. The van der Waals surface area contributed by atoms with E-state index in [2.05, 4.69) is 38.7 Å². The fourth-order valence-corrected chi connectivity index (χ4v) is 4.86. The molecule has 4 aromatic heterocycles. The summed E-state index contributed by atoms with van der Waals surface area (Å²) >= 11 is 6.34. The monoisotopic (exact) mass is 446 g/mol. The summed E-state index contributed by atoms with van der Waals surface area (Å²) in [6.07, 6.45) is 4.83. The lowest BCUT2D eigenvalue weighted by Crippen LogP contribution is -2.58. The molecule has 5 aromatic rings. The second-order valence-corrected chi connectivity index (χ2v) is 9.02. The van der Waals surface area contributed by atoms with Crippen molar-refractivity contribution in [3.8, 4) is 5.69 Å². The molecule has 0 spiro atoms. The van der Waals surface area contributed by atoms with Gasteiger partial charge in [0.25, 0.3) is 5.56 Å². The van der Waals surface area contributed by atoms with Crippen molar-refractivity contribution in [2.24, 2.45) is 5.41 Å². The van der Waals surface area contributed by atoms with E-state index in [9.17, 15) is 4.79 Å². The molecule has 1 N–H and O–H groups in total. The standard InChI is InChI=1S/C22H19ClN8O/c1-22(2)10-29(19-15-18(25-11-24-15)26-12-27-19)17(22)20-28-30-9-8-14(23)16(30)21(32)31(20)13-6-4-3-5-7-13/h3-9,11-12,17H,10H2,1-2H3,(H,24,25,26,27)/t17-/m1/s1. The number of benzene rings is 1. The smallest absolute Gasteiger partial charge is 0.284 e. The summed E-state index contributed by atoms with van der Waals surface area (Å²) in [6.45, 7) is 5.06. The van der Waals surface area contributed by atoms with Gasteiger partial charge in [0.2, 0.25) is 0 Å². The number of nitrogens with zero attached hydrogens (tertiary/aromatic N) is 7. The summed E-state index contributed by atoms with van der Waals surface area (Å²) in [5.74, 6) is 1.35. The van der Waals surface area contributed by atoms with E-state index < -0.39 is 0 Å². The summed E-state index contributed by atoms with van der Waals surface area (Å²) in [4.78, 5) is 32.0. The molecule has 5 heterocycles. The number of hydrogen-bond donors (Lipinski definition) is 1. The van der Waals surface area contributed by atoms with Gasteiger partial charge in [-0.15, -0.1) is 0 Å². The third kappa shape index (κ3) is 2.61. The molecule has 1 saturated heterocycles. The Kier molecular flexibility index (Phi) is 3.94. The first-order valence-corrected chi connectivity index (χ1v) is 10.6. The van der Waals surface area contributed by atoms with E-state index in [-0.39, 0.29) is 17.0 Å². The van der Waals surface area contributed by atoms with Gasteiger partial charge in [0, 0.05) is 18.2 Å². The van der Waals surface area contributed by atoms with Gasteiger partial charge in [-0.05, 0) is 18.2 Å². The van der Waals surface area contributed by atoms with Crippen molar-refractivity contribution < 1.29 is 0 Å². The van der Waals surface area contributed by atoms with Gasteiger partial charge >= 0.3 is 0 Å². The normalized spacial score (nSPS) is 17.7. The highest BCUT2D eigenvalue weighted by molar-refractivity contribution is 6.33. The lowest BCUT2D eigenvalue weighted by molar-refractivity contribution is 0.166. The molecule has 0 aliphatic carbocycles. The zero-order chi connectivity index (χ0) is 22.0. The second kappa shape index (κ2) is 6.64. The van der Waals surface area contributed by atoms with Gasteiger partial charge < -0.3 is 9.88 Å². The van der Waals surface area contributed by atoms with E-state index in [1.165, 1.54) is 6.33 Å². The van der Waals surface area contributed by atoms with Gasteiger partial charge in [-0.3, -0.25) is 9.36 Å². The van der Waals surface area contributed by atoms with E-state index in [0.717, 1.165) is 23.6 Å². The van der Waals surface area contributed by atoms with Crippen LogP contribution in [0.3, 0.4) is 0 Å². The molecule has 1 aliphatic heterocycles. The molecule has 0 amide bonds. The highest BCUT2D eigenvalue weighted by Crippen LogP contribution is 2.50. The topological polar surface area (TPSA) is 97.0 Å². The van der Waals surface area contributed by atoms with Crippen molar-refractivity contribution >= 4 is 34.1 Å². The van der Waals surface area contributed by atoms with Crippen molar-refractivity contribution in [3.63, 3.8) is 0 Å². The number of aromatic nitrogens is 7. The average Bonchev–Trinajstić information content (AvgIpc) is 3.40. The first kappa shape index (κ1) is 19.0. The Morgan fingerprint density at radius 2 is 1.94 bits per heavy atom. The summed E-state index contributed by atoms with van der Waals surface area (Å²) in [6, 6.07) is 11.0. The minimum Gasteiger partial charge on any atom is -0.343 e. The van der Waals surface area contributed by atoms with Crippen molar-refractivity contribution in [2.75, 3.05) is 11.4 Å². The molecule has 10 heteroatoms. The van der Waals surface area contributed by atoms with Gasteiger partial charge in [-0.2, -0.15) is 5.10 Å². The van der Waals surface area contributed by atoms with E-state index >= 15 is 0 Å². The highest BCUT2D eigenvalue weighted by Gasteiger charge is 2.50. The Morgan fingerprint density at radius 3 is 2.72 bits per heavy atom. The molecule has 0 unspecified atom stereocenters. The molecule has 1 aromatic carbocycles. The summed E-state index contributed by atoms with van der Waals surface area (Å²) in [7, 11) is 0. The van der Waals surface area contributed by atoms with Crippen LogP contribution in [0.4, 0.5) is 5.82 Å². The van der Waals surface area contributed by atoms with Crippen molar-refractivity contribution in [1.82, 2.24) is 34.1 Å². The number of para-hydroxylation sites is 1. The number of H-pyrrole nitrogens is 1. The van der Waals surface area contributed by atoms with Crippen LogP contribution < -0.4 is 10.5 Å². The molecule has 1 aliphatic rings. The molecule has 6 rings (SSSR count). The Bertz CT molecular complexity index is 1530. The predicted octanol–water partition coefficient (Wildman–Crippen LogP) is 3.39. The van der Waals surface area contributed by atoms with Crippen LogP contribution in [0.15, 0.2) is 60.0 Å². The van der Waals surface area contributed by atoms with Crippen molar-refractivity contribution in [1.29, 1.82) is 0 Å². The fourth-order valence-electron chi connectivity index (χ4n) is 4.63. The van der Waals surface area contributed by atoms with Crippen LogP contribution in [-0.4, -0.2) is 40.7 Å². The molecule has 0 saturated carbocycles. The van der Waals surface area contributed by atoms with E-state index in [0.29, 0.717) is 22.0 Å². The number of nitrogens with one attached hydrogen (secondary N) is 1. The van der Waals surface area contributed by atoms with E-state index in [1.807, 2.05) is 30.3 Å². The first-order chi connectivity index (χ1) is 15.5. The minimum absolute atomic E-state index is 0.169. The SMILES string of the molecule is CC1(C)CN(c2ncnc3nc[nH]c23)[C@@H]1c1nn2ccc(Cl)c2c(=O)n1-c1ccccc1. The molecule has 32 heavy (non-hydrogen) atoms. The second-order valence-electron chi connectivity index (χ2n) is 8.61. The van der Waals surface area contributed by atoms with Crippen LogP contribution >= 0.6 is 11.6 Å². The zero-order valence-electron chi connectivity index (χ0n) is 17.4.